The van der Waals surface area contributed by atoms with Gasteiger partial charge < -0.3 is 4.74 Å². The molecule has 1 aliphatic carbocycles. The second kappa shape index (κ2) is 8.32. The van der Waals surface area contributed by atoms with Crippen LogP contribution in [0.5, 0.6) is 0 Å². The molecule has 0 bridgehead atoms. The van der Waals surface area contributed by atoms with Gasteiger partial charge in [-0.15, -0.1) is 0 Å². The van der Waals surface area contributed by atoms with Gasteiger partial charge in [-0.3, -0.25) is 0 Å². The van der Waals surface area contributed by atoms with Gasteiger partial charge >= 0.3 is 0 Å². The number of aryl methyl sites for hydroxylation is 1. The molecule has 1 nitrogen and oxygen atoms in total. The van der Waals surface area contributed by atoms with Gasteiger partial charge in [-0.2, -0.15) is 0 Å². The fourth-order valence-corrected chi connectivity index (χ4v) is 4.69. The summed E-state index contributed by atoms with van der Waals surface area (Å²) in [6, 6.07) is 8.09. The Morgan fingerprint density at radius 2 is 1.79 bits per heavy atom. The lowest BCUT2D eigenvalue weighted by atomic mass is 9.92. The zero-order valence-corrected chi connectivity index (χ0v) is 17.0. The second-order valence-corrected chi connectivity index (χ2v) is 8.45. The summed E-state index contributed by atoms with van der Waals surface area (Å²) >= 11 is 0. The summed E-state index contributed by atoms with van der Waals surface area (Å²) < 4.78 is 35.5. The van der Waals surface area contributed by atoms with Crippen LogP contribution in [0.15, 0.2) is 24.3 Å². The highest BCUT2D eigenvalue weighted by Gasteiger charge is 2.32. The molecular weight excluding hydrogens is 354 g/mol. The molecule has 0 radical (unpaired) electrons. The highest BCUT2D eigenvalue weighted by molar-refractivity contribution is 5.71. The van der Waals surface area contributed by atoms with E-state index in [-0.39, 0.29) is 6.10 Å². The number of hydrogen-bond donors (Lipinski definition) is 0. The first-order valence-corrected chi connectivity index (χ1v) is 10.9. The quantitative estimate of drug-likeness (QED) is 0.354. The minimum atomic E-state index is -0.698. The first-order valence-electron chi connectivity index (χ1n) is 10.9. The number of unbranched alkanes of at least 4 members (excludes halogenated alkanes) is 2. The molecule has 0 saturated carbocycles. The number of epoxide rings is 1. The van der Waals surface area contributed by atoms with Gasteiger partial charge in [0.15, 0.2) is 11.6 Å². The third-order valence-electron chi connectivity index (χ3n) is 6.25. The van der Waals surface area contributed by atoms with E-state index < -0.39 is 11.6 Å². The van der Waals surface area contributed by atoms with E-state index >= 15 is 4.39 Å². The summed E-state index contributed by atoms with van der Waals surface area (Å²) in [7, 11) is 0. The van der Waals surface area contributed by atoms with E-state index in [1.165, 1.54) is 18.4 Å². The third-order valence-corrected chi connectivity index (χ3v) is 6.25. The molecule has 1 heterocycles. The van der Waals surface area contributed by atoms with E-state index in [0.29, 0.717) is 30.1 Å². The van der Waals surface area contributed by atoms with Gasteiger partial charge in [0, 0.05) is 5.56 Å². The minimum Gasteiger partial charge on any atom is -0.368 e. The molecule has 4 rings (SSSR count). The molecule has 1 saturated heterocycles. The largest absolute Gasteiger partial charge is 0.368 e. The lowest BCUT2D eigenvalue weighted by Gasteiger charge is -2.14. The van der Waals surface area contributed by atoms with Gasteiger partial charge in [0.05, 0.1) is 6.61 Å². The van der Waals surface area contributed by atoms with Crippen molar-refractivity contribution in [2.45, 2.75) is 71.3 Å². The molecule has 1 fully saturated rings. The number of fused-ring (bicyclic) bond motifs is 1. The fraction of sp³-hybridized carbons (Fsp3) is 0.520. The van der Waals surface area contributed by atoms with Gasteiger partial charge in [0.25, 0.3) is 0 Å². The third kappa shape index (κ3) is 3.87. The standard InChI is InChI=1S/C25H30F2O/c1-3-5-6-8-16-9-10-19(21(12-16)23-15-28-23)22-14-18-11-17(7-4-2)13-20(18)24(26)25(22)27/h9-10,12,14,17,23H,3-8,11,13,15H2,1-2H3. The Labute approximate surface area is 167 Å². The van der Waals surface area contributed by atoms with Crippen LogP contribution in [0.25, 0.3) is 11.1 Å². The lowest BCUT2D eigenvalue weighted by Crippen LogP contribution is -2.01. The monoisotopic (exact) mass is 384 g/mol. The van der Waals surface area contributed by atoms with Crippen LogP contribution in [0.2, 0.25) is 0 Å². The molecule has 2 aliphatic rings. The molecule has 0 spiro atoms. The van der Waals surface area contributed by atoms with Gasteiger partial charge in [0.1, 0.15) is 6.10 Å². The maximum atomic E-state index is 15.1. The highest BCUT2D eigenvalue weighted by Crippen LogP contribution is 2.42. The average Bonchev–Trinajstić information content (AvgIpc) is 3.46. The van der Waals surface area contributed by atoms with Crippen molar-refractivity contribution in [2.24, 2.45) is 5.92 Å². The smallest absolute Gasteiger partial charge is 0.166 e. The molecule has 2 atom stereocenters. The Balaban J connectivity index is 1.69. The first-order chi connectivity index (χ1) is 13.6. The van der Waals surface area contributed by atoms with Gasteiger partial charge in [-0.1, -0.05) is 57.7 Å². The molecule has 2 aromatic rings. The number of hydrogen-bond acceptors (Lipinski definition) is 1. The zero-order chi connectivity index (χ0) is 19.7. The summed E-state index contributed by atoms with van der Waals surface area (Å²) in [5, 5.41) is 0. The lowest BCUT2D eigenvalue weighted by molar-refractivity contribution is 0.416. The average molecular weight is 385 g/mol. The Kier molecular flexibility index (Phi) is 5.82. The molecule has 2 aromatic carbocycles. The van der Waals surface area contributed by atoms with Crippen LogP contribution in [-0.2, 0) is 24.0 Å². The summed E-state index contributed by atoms with van der Waals surface area (Å²) in [5.41, 5.74) is 5.05. The Hall–Kier alpha value is -1.74. The van der Waals surface area contributed by atoms with Crippen LogP contribution in [0, 0.1) is 17.6 Å². The maximum Gasteiger partial charge on any atom is 0.166 e. The minimum absolute atomic E-state index is 0.0182. The molecule has 2 unspecified atom stereocenters. The van der Waals surface area contributed by atoms with Gasteiger partial charge in [0.2, 0.25) is 0 Å². The number of rotatable bonds is 8. The van der Waals surface area contributed by atoms with Crippen molar-refractivity contribution in [3.8, 4) is 11.1 Å². The highest BCUT2D eigenvalue weighted by atomic mass is 19.2. The summed E-state index contributed by atoms with van der Waals surface area (Å²) in [5.74, 6) is -0.895. The van der Waals surface area contributed by atoms with Crippen molar-refractivity contribution >= 4 is 0 Å². The molecule has 0 aromatic heterocycles. The van der Waals surface area contributed by atoms with Crippen LogP contribution in [0.1, 0.15) is 74.3 Å². The number of halogens is 2. The van der Waals surface area contributed by atoms with Crippen LogP contribution >= 0.6 is 0 Å². The topological polar surface area (TPSA) is 12.5 Å². The predicted molar refractivity (Wildman–Crippen MR) is 110 cm³/mol. The molecule has 28 heavy (non-hydrogen) atoms. The molecule has 1 aliphatic heterocycles. The Morgan fingerprint density at radius 1 is 0.964 bits per heavy atom. The van der Waals surface area contributed by atoms with Crippen molar-refractivity contribution in [3.05, 3.63) is 58.2 Å². The van der Waals surface area contributed by atoms with Crippen molar-refractivity contribution in [1.82, 2.24) is 0 Å². The normalized spacial score (nSPS) is 20.4. The van der Waals surface area contributed by atoms with Gasteiger partial charge in [-0.05, 0) is 65.5 Å². The van der Waals surface area contributed by atoms with Crippen LogP contribution in [-0.4, -0.2) is 6.61 Å². The summed E-state index contributed by atoms with van der Waals surface area (Å²) in [6.07, 6.45) is 8.27. The predicted octanol–water partition coefficient (Wildman–Crippen LogP) is 6.95. The molecule has 3 heteroatoms. The van der Waals surface area contributed by atoms with E-state index in [0.717, 1.165) is 48.8 Å². The van der Waals surface area contributed by atoms with Crippen molar-refractivity contribution in [2.75, 3.05) is 6.61 Å². The van der Waals surface area contributed by atoms with Crippen molar-refractivity contribution < 1.29 is 13.5 Å². The van der Waals surface area contributed by atoms with Crippen LogP contribution in [0.4, 0.5) is 8.78 Å². The van der Waals surface area contributed by atoms with E-state index in [1.54, 1.807) is 0 Å². The molecule has 0 amide bonds. The van der Waals surface area contributed by atoms with E-state index in [9.17, 15) is 4.39 Å². The molecule has 150 valence electrons. The Morgan fingerprint density at radius 3 is 2.50 bits per heavy atom. The van der Waals surface area contributed by atoms with Crippen LogP contribution in [0.3, 0.4) is 0 Å². The summed E-state index contributed by atoms with van der Waals surface area (Å²) in [6.45, 7) is 5.01. The van der Waals surface area contributed by atoms with E-state index in [2.05, 4.69) is 26.0 Å². The summed E-state index contributed by atoms with van der Waals surface area (Å²) in [4.78, 5) is 0. The SMILES string of the molecule is CCCCCc1ccc(-c2cc3c(c(F)c2F)CC(CCC)C3)c(C2CO2)c1. The van der Waals surface area contributed by atoms with Gasteiger partial charge in [-0.25, -0.2) is 8.78 Å². The fourth-order valence-electron chi connectivity index (χ4n) is 4.69. The second-order valence-electron chi connectivity index (χ2n) is 8.45. The first kappa shape index (κ1) is 19.6. The molecular formula is C25H30F2O. The van der Waals surface area contributed by atoms with Crippen LogP contribution < -0.4 is 0 Å². The Bertz CT molecular complexity index is 854. The number of ether oxygens (including phenoxy) is 1. The zero-order valence-electron chi connectivity index (χ0n) is 17.0. The number of benzene rings is 2. The van der Waals surface area contributed by atoms with Crippen molar-refractivity contribution in [3.63, 3.8) is 0 Å². The molecule has 0 N–H and O–H groups in total. The van der Waals surface area contributed by atoms with E-state index in [4.69, 9.17) is 4.74 Å². The van der Waals surface area contributed by atoms with Crippen molar-refractivity contribution in [1.29, 1.82) is 0 Å². The maximum absolute atomic E-state index is 15.1. The van der Waals surface area contributed by atoms with E-state index in [1.807, 2.05) is 12.1 Å².